The molecule has 8 atom stereocenters. The van der Waals surface area contributed by atoms with E-state index in [0.29, 0.717) is 30.1 Å². The van der Waals surface area contributed by atoms with Crippen LogP contribution in [0.3, 0.4) is 0 Å². The Morgan fingerprint density at radius 1 is 1.08 bits per heavy atom. The maximum Gasteiger partial charge on any atom is 0.150 e. The summed E-state index contributed by atoms with van der Waals surface area (Å²) in [5.41, 5.74) is -0.332. The van der Waals surface area contributed by atoms with Gasteiger partial charge >= 0.3 is 0 Å². The molecule has 0 amide bonds. The molecule has 0 saturated heterocycles. The number of nitrogens with zero attached hydrogens (tertiary/aromatic N) is 1. The highest BCUT2D eigenvalue weighted by Gasteiger charge is 2.63. The van der Waals surface area contributed by atoms with Crippen molar-refractivity contribution in [3.05, 3.63) is 0 Å². The van der Waals surface area contributed by atoms with Gasteiger partial charge in [-0.15, -0.1) is 0 Å². The first kappa shape index (κ1) is 16.6. The SMILES string of the molecule is C[C@]12C[C@@H](C#N)C(=O)C[C@@H]1CC[C@@H]1[C@@H]2CC[C@@]2(C)[C@H]1CC[C@]2(C)O. The summed E-state index contributed by atoms with van der Waals surface area (Å²) in [5.74, 6) is 2.19. The summed E-state index contributed by atoms with van der Waals surface area (Å²) in [5, 5.41) is 20.4. The number of ketones is 1. The number of rotatable bonds is 0. The lowest BCUT2D eigenvalue weighted by molar-refractivity contribution is -0.156. The van der Waals surface area contributed by atoms with Crippen molar-refractivity contribution in [2.45, 2.75) is 77.7 Å². The van der Waals surface area contributed by atoms with Gasteiger partial charge in [0.25, 0.3) is 0 Å². The lowest BCUT2D eigenvalue weighted by Gasteiger charge is -2.61. The van der Waals surface area contributed by atoms with Gasteiger partial charge in [0.05, 0.1) is 11.7 Å². The molecule has 4 saturated carbocycles. The fourth-order valence-electron chi connectivity index (χ4n) is 7.49. The number of carbonyl (C=O) groups excluding carboxylic acids is 1. The summed E-state index contributed by atoms with van der Waals surface area (Å²) in [4.78, 5) is 12.2. The monoisotopic (exact) mass is 329 g/mol. The van der Waals surface area contributed by atoms with Gasteiger partial charge in [-0.1, -0.05) is 13.8 Å². The molecule has 4 rings (SSSR count). The molecular weight excluding hydrogens is 298 g/mol. The van der Waals surface area contributed by atoms with E-state index in [1.54, 1.807) is 0 Å². The predicted octanol–water partition coefficient (Wildman–Crippen LogP) is 4.10. The number of hydrogen-bond donors (Lipinski definition) is 1. The summed E-state index contributed by atoms with van der Waals surface area (Å²) in [6.45, 7) is 6.74. The van der Waals surface area contributed by atoms with Gasteiger partial charge in [0, 0.05) is 6.42 Å². The molecule has 4 aliphatic rings. The van der Waals surface area contributed by atoms with E-state index in [1.807, 2.05) is 6.92 Å². The maximum absolute atomic E-state index is 12.2. The fraction of sp³-hybridized carbons (Fsp3) is 0.905. The Hall–Kier alpha value is -0.880. The molecule has 0 aromatic rings. The van der Waals surface area contributed by atoms with Gasteiger partial charge in [-0.2, -0.15) is 5.26 Å². The Kier molecular flexibility index (Phi) is 3.50. The smallest absolute Gasteiger partial charge is 0.150 e. The number of nitriles is 1. The highest BCUT2D eigenvalue weighted by Crippen LogP contribution is 2.68. The second-order valence-electron chi connectivity index (χ2n) is 9.98. The van der Waals surface area contributed by atoms with E-state index in [2.05, 4.69) is 19.9 Å². The normalized spacial score (nSPS) is 56.8. The van der Waals surface area contributed by atoms with Crippen molar-refractivity contribution in [1.82, 2.24) is 0 Å². The molecule has 132 valence electrons. The van der Waals surface area contributed by atoms with Crippen molar-refractivity contribution in [3.8, 4) is 6.07 Å². The zero-order chi connectivity index (χ0) is 17.3. The Bertz CT molecular complexity index is 605. The molecular formula is C21H31NO2. The van der Waals surface area contributed by atoms with Gasteiger partial charge in [0.15, 0.2) is 0 Å². The molecule has 0 radical (unpaired) electrons. The van der Waals surface area contributed by atoms with Gasteiger partial charge in [-0.25, -0.2) is 0 Å². The number of Topliss-reactive ketones (excluding diaryl/α,β-unsaturated/α-hetero) is 1. The van der Waals surface area contributed by atoms with Gasteiger partial charge in [0.2, 0.25) is 0 Å². The van der Waals surface area contributed by atoms with Gasteiger partial charge < -0.3 is 5.11 Å². The Balaban J connectivity index is 1.66. The Morgan fingerprint density at radius 3 is 2.50 bits per heavy atom. The second kappa shape index (κ2) is 5.07. The van der Waals surface area contributed by atoms with E-state index >= 15 is 0 Å². The molecule has 24 heavy (non-hydrogen) atoms. The molecule has 1 N–H and O–H groups in total. The minimum atomic E-state index is -0.530. The Morgan fingerprint density at radius 2 is 1.79 bits per heavy atom. The van der Waals surface area contributed by atoms with E-state index in [1.165, 1.54) is 6.42 Å². The number of fused-ring (bicyclic) bond motifs is 5. The van der Waals surface area contributed by atoms with Crippen LogP contribution in [-0.4, -0.2) is 16.5 Å². The second-order valence-corrected chi connectivity index (χ2v) is 9.98. The average molecular weight is 329 g/mol. The van der Waals surface area contributed by atoms with Gasteiger partial charge in [-0.05, 0) is 86.4 Å². The van der Waals surface area contributed by atoms with Crippen LogP contribution in [-0.2, 0) is 4.79 Å². The predicted molar refractivity (Wildman–Crippen MR) is 91.8 cm³/mol. The molecule has 4 fully saturated rings. The van der Waals surface area contributed by atoms with Crippen LogP contribution in [0.4, 0.5) is 0 Å². The molecule has 3 heteroatoms. The van der Waals surface area contributed by atoms with E-state index in [4.69, 9.17) is 0 Å². The summed E-state index contributed by atoms with van der Waals surface area (Å²) in [7, 11) is 0. The van der Waals surface area contributed by atoms with Crippen molar-refractivity contribution in [2.75, 3.05) is 0 Å². The third-order valence-electron chi connectivity index (χ3n) is 9.26. The third-order valence-corrected chi connectivity index (χ3v) is 9.26. The number of carbonyl (C=O) groups is 1. The quantitative estimate of drug-likeness (QED) is 0.728. The first-order valence-corrected chi connectivity index (χ1v) is 9.88. The first-order valence-electron chi connectivity index (χ1n) is 9.88. The van der Waals surface area contributed by atoms with Crippen LogP contribution in [0, 0.1) is 51.8 Å². The summed E-state index contributed by atoms with van der Waals surface area (Å²) >= 11 is 0. The van der Waals surface area contributed by atoms with Gasteiger partial charge in [-0.3, -0.25) is 4.79 Å². The van der Waals surface area contributed by atoms with Crippen LogP contribution in [0.25, 0.3) is 0 Å². The largest absolute Gasteiger partial charge is 0.390 e. The molecule has 0 unspecified atom stereocenters. The number of aliphatic hydroxyl groups is 1. The number of hydrogen-bond acceptors (Lipinski definition) is 3. The Labute approximate surface area is 145 Å². The topological polar surface area (TPSA) is 61.1 Å². The third kappa shape index (κ3) is 1.96. The van der Waals surface area contributed by atoms with E-state index in [0.717, 1.165) is 38.5 Å². The fourth-order valence-corrected chi connectivity index (χ4v) is 7.49. The van der Waals surface area contributed by atoms with Crippen LogP contribution >= 0.6 is 0 Å². The minimum Gasteiger partial charge on any atom is -0.390 e. The van der Waals surface area contributed by atoms with Crippen molar-refractivity contribution in [1.29, 1.82) is 5.26 Å². The van der Waals surface area contributed by atoms with Crippen molar-refractivity contribution >= 4 is 5.78 Å². The standard InChI is InChI=1S/C21H31NO2/c1-19-11-13(12-22)18(23)10-14(19)4-5-15-16(19)6-8-20(2)17(15)7-9-21(20,3)24/h13-17,24H,4-11H2,1-3H3/t13-,14-,15+,16-,17-,19-,20-,21-/m0/s1. The van der Waals surface area contributed by atoms with Crippen LogP contribution in [0.5, 0.6) is 0 Å². The lowest BCUT2D eigenvalue weighted by atomic mass is 9.44. The highest BCUT2D eigenvalue weighted by atomic mass is 16.3. The molecule has 0 bridgehead atoms. The zero-order valence-electron chi connectivity index (χ0n) is 15.3. The van der Waals surface area contributed by atoms with Crippen LogP contribution in [0.1, 0.15) is 72.1 Å². The molecule has 0 spiro atoms. The van der Waals surface area contributed by atoms with Crippen molar-refractivity contribution < 1.29 is 9.90 Å². The average Bonchev–Trinajstić information content (AvgIpc) is 2.77. The van der Waals surface area contributed by atoms with E-state index in [-0.39, 0.29) is 22.5 Å². The lowest BCUT2D eigenvalue weighted by Crippen LogP contribution is -2.56. The van der Waals surface area contributed by atoms with Gasteiger partial charge in [0.1, 0.15) is 11.7 Å². The van der Waals surface area contributed by atoms with E-state index in [9.17, 15) is 15.2 Å². The summed E-state index contributed by atoms with van der Waals surface area (Å²) in [6.07, 6.45) is 8.07. The van der Waals surface area contributed by atoms with Crippen molar-refractivity contribution in [2.24, 2.45) is 40.4 Å². The minimum absolute atomic E-state index is 0.0521. The molecule has 3 nitrogen and oxygen atoms in total. The van der Waals surface area contributed by atoms with Crippen LogP contribution in [0.2, 0.25) is 0 Å². The van der Waals surface area contributed by atoms with Crippen LogP contribution in [0.15, 0.2) is 0 Å². The summed E-state index contributed by atoms with van der Waals surface area (Å²) < 4.78 is 0. The van der Waals surface area contributed by atoms with Crippen LogP contribution < -0.4 is 0 Å². The molecule has 0 aromatic carbocycles. The highest BCUT2D eigenvalue weighted by molar-refractivity contribution is 5.84. The maximum atomic E-state index is 12.2. The molecule has 0 aromatic heterocycles. The van der Waals surface area contributed by atoms with Crippen molar-refractivity contribution in [3.63, 3.8) is 0 Å². The van der Waals surface area contributed by atoms with E-state index < -0.39 is 5.60 Å². The molecule has 4 aliphatic carbocycles. The zero-order valence-corrected chi connectivity index (χ0v) is 15.3. The molecule has 0 aliphatic heterocycles. The molecule has 0 heterocycles. The first-order chi connectivity index (χ1) is 11.2. The summed E-state index contributed by atoms with van der Waals surface area (Å²) in [6, 6.07) is 2.28.